The van der Waals surface area contributed by atoms with Gasteiger partial charge in [0, 0.05) is 23.3 Å². The molecule has 0 radical (unpaired) electrons. The molecule has 0 spiro atoms. The SMILES string of the molecule is Cc1oc(C)c(C(NN)c2cccc3ccncc23)c1C. The highest BCUT2D eigenvalue weighted by Crippen LogP contribution is 2.34. The zero-order valence-electron chi connectivity index (χ0n) is 12.5. The maximum absolute atomic E-state index is 5.86. The summed E-state index contributed by atoms with van der Waals surface area (Å²) >= 11 is 0. The minimum Gasteiger partial charge on any atom is -0.466 e. The highest BCUT2D eigenvalue weighted by molar-refractivity contribution is 5.85. The molecule has 3 N–H and O–H groups in total. The quantitative estimate of drug-likeness (QED) is 0.571. The van der Waals surface area contributed by atoms with Crippen molar-refractivity contribution in [2.45, 2.75) is 26.8 Å². The summed E-state index contributed by atoms with van der Waals surface area (Å²) in [6.45, 7) is 6.02. The van der Waals surface area contributed by atoms with Crippen molar-refractivity contribution < 1.29 is 4.42 Å². The summed E-state index contributed by atoms with van der Waals surface area (Å²) in [7, 11) is 0. The number of hydrogen-bond acceptors (Lipinski definition) is 4. The van der Waals surface area contributed by atoms with Crippen LogP contribution in [0.25, 0.3) is 10.8 Å². The third-order valence-corrected chi connectivity index (χ3v) is 4.10. The Kier molecular flexibility index (Phi) is 3.49. The van der Waals surface area contributed by atoms with E-state index in [-0.39, 0.29) is 6.04 Å². The van der Waals surface area contributed by atoms with Crippen molar-refractivity contribution >= 4 is 10.8 Å². The molecule has 0 aliphatic carbocycles. The van der Waals surface area contributed by atoms with Gasteiger partial charge in [-0.3, -0.25) is 10.8 Å². The lowest BCUT2D eigenvalue weighted by atomic mass is 9.93. The molecule has 1 unspecified atom stereocenters. The van der Waals surface area contributed by atoms with E-state index in [0.717, 1.165) is 39.0 Å². The first-order chi connectivity index (χ1) is 10.1. The van der Waals surface area contributed by atoms with Gasteiger partial charge in [0.05, 0.1) is 6.04 Å². The first-order valence-electron chi connectivity index (χ1n) is 6.98. The number of hydrazine groups is 1. The van der Waals surface area contributed by atoms with Crippen molar-refractivity contribution in [3.8, 4) is 0 Å². The van der Waals surface area contributed by atoms with Gasteiger partial charge < -0.3 is 4.42 Å². The number of pyridine rings is 1. The van der Waals surface area contributed by atoms with Crippen LogP contribution in [0.1, 0.15) is 34.3 Å². The van der Waals surface area contributed by atoms with Crippen LogP contribution in [0.2, 0.25) is 0 Å². The number of hydrogen-bond donors (Lipinski definition) is 2. The minimum atomic E-state index is -0.115. The summed E-state index contributed by atoms with van der Waals surface area (Å²) in [6, 6.07) is 8.09. The molecule has 3 aromatic rings. The van der Waals surface area contributed by atoms with Gasteiger partial charge >= 0.3 is 0 Å². The van der Waals surface area contributed by atoms with Crippen LogP contribution >= 0.6 is 0 Å². The molecule has 2 aromatic heterocycles. The number of aryl methyl sites for hydroxylation is 2. The number of nitrogens with zero attached hydrogens (tertiary/aromatic N) is 1. The van der Waals surface area contributed by atoms with Gasteiger partial charge in [-0.15, -0.1) is 0 Å². The van der Waals surface area contributed by atoms with E-state index in [1.807, 2.05) is 32.2 Å². The van der Waals surface area contributed by atoms with E-state index in [9.17, 15) is 0 Å². The van der Waals surface area contributed by atoms with E-state index in [2.05, 4.69) is 29.5 Å². The molecular formula is C17H19N3O. The number of benzene rings is 1. The standard InChI is InChI=1S/C17H19N3O/c1-10-11(2)21-12(3)16(10)17(20-18)14-6-4-5-13-7-8-19-9-15(13)14/h4-9,17,20H,18H2,1-3H3. The van der Waals surface area contributed by atoms with Gasteiger partial charge in [-0.25, -0.2) is 5.43 Å². The van der Waals surface area contributed by atoms with Crippen molar-refractivity contribution in [2.24, 2.45) is 5.84 Å². The van der Waals surface area contributed by atoms with Gasteiger partial charge in [-0.05, 0) is 43.4 Å². The average Bonchev–Trinajstić information content (AvgIpc) is 2.75. The number of nitrogens with two attached hydrogens (primary N) is 1. The van der Waals surface area contributed by atoms with Crippen LogP contribution in [0.15, 0.2) is 41.1 Å². The molecule has 108 valence electrons. The summed E-state index contributed by atoms with van der Waals surface area (Å²) in [5.41, 5.74) is 6.28. The fourth-order valence-electron chi connectivity index (χ4n) is 2.95. The zero-order valence-corrected chi connectivity index (χ0v) is 12.5. The molecule has 0 saturated heterocycles. The fourth-order valence-corrected chi connectivity index (χ4v) is 2.95. The Hall–Kier alpha value is -2.17. The van der Waals surface area contributed by atoms with Crippen molar-refractivity contribution in [1.82, 2.24) is 10.4 Å². The Morgan fingerprint density at radius 3 is 2.62 bits per heavy atom. The van der Waals surface area contributed by atoms with Crippen molar-refractivity contribution in [3.63, 3.8) is 0 Å². The highest BCUT2D eigenvalue weighted by atomic mass is 16.3. The normalized spacial score (nSPS) is 12.8. The molecule has 4 heteroatoms. The van der Waals surface area contributed by atoms with E-state index >= 15 is 0 Å². The molecule has 3 rings (SSSR count). The molecule has 21 heavy (non-hydrogen) atoms. The Labute approximate surface area is 124 Å². The number of aromatic nitrogens is 1. The molecule has 0 aliphatic heterocycles. The Bertz CT molecular complexity index is 787. The largest absolute Gasteiger partial charge is 0.466 e. The summed E-state index contributed by atoms with van der Waals surface area (Å²) in [5.74, 6) is 7.69. The first kappa shape index (κ1) is 13.8. The van der Waals surface area contributed by atoms with Crippen LogP contribution in [0.5, 0.6) is 0 Å². The molecule has 1 atom stereocenters. The first-order valence-corrected chi connectivity index (χ1v) is 6.98. The summed E-state index contributed by atoms with van der Waals surface area (Å²) in [6.07, 6.45) is 3.68. The summed E-state index contributed by atoms with van der Waals surface area (Å²) in [5, 5.41) is 2.25. The van der Waals surface area contributed by atoms with Gasteiger partial charge in [0.25, 0.3) is 0 Å². The van der Waals surface area contributed by atoms with E-state index in [4.69, 9.17) is 10.3 Å². The lowest BCUT2D eigenvalue weighted by Gasteiger charge is -2.19. The summed E-state index contributed by atoms with van der Waals surface area (Å²) < 4.78 is 5.75. The molecule has 0 bridgehead atoms. The predicted molar refractivity (Wildman–Crippen MR) is 83.8 cm³/mol. The molecular weight excluding hydrogens is 262 g/mol. The van der Waals surface area contributed by atoms with Crippen molar-refractivity contribution in [2.75, 3.05) is 0 Å². The number of fused-ring (bicyclic) bond motifs is 1. The number of rotatable bonds is 3. The summed E-state index contributed by atoms with van der Waals surface area (Å²) in [4.78, 5) is 4.24. The maximum atomic E-state index is 5.86. The topological polar surface area (TPSA) is 64.1 Å². The zero-order chi connectivity index (χ0) is 15.0. The average molecular weight is 281 g/mol. The third kappa shape index (κ3) is 2.22. The van der Waals surface area contributed by atoms with Gasteiger partial charge in [0.1, 0.15) is 11.5 Å². The third-order valence-electron chi connectivity index (χ3n) is 4.10. The number of furan rings is 1. The molecule has 0 aliphatic rings. The van der Waals surface area contributed by atoms with Crippen molar-refractivity contribution in [3.05, 3.63) is 64.9 Å². The molecule has 0 saturated carbocycles. The Morgan fingerprint density at radius 1 is 1.14 bits per heavy atom. The highest BCUT2D eigenvalue weighted by Gasteiger charge is 2.23. The van der Waals surface area contributed by atoms with Crippen LogP contribution in [-0.2, 0) is 0 Å². The van der Waals surface area contributed by atoms with E-state index in [1.165, 1.54) is 0 Å². The van der Waals surface area contributed by atoms with Gasteiger partial charge in [0.15, 0.2) is 0 Å². The van der Waals surface area contributed by atoms with Gasteiger partial charge in [0.2, 0.25) is 0 Å². The Morgan fingerprint density at radius 2 is 1.95 bits per heavy atom. The van der Waals surface area contributed by atoms with E-state index in [1.54, 1.807) is 6.20 Å². The second kappa shape index (κ2) is 5.31. The Balaban J connectivity index is 2.23. The van der Waals surface area contributed by atoms with Crippen LogP contribution in [0.4, 0.5) is 0 Å². The van der Waals surface area contributed by atoms with Gasteiger partial charge in [-0.2, -0.15) is 0 Å². The lowest BCUT2D eigenvalue weighted by Crippen LogP contribution is -2.29. The van der Waals surface area contributed by atoms with Gasteiger partial charge in [-0.1, -0.05) is 18.2 Å². The van der Waals surface area contributed by atoms with Crippen LogP contribution < -0.4 is 11.3 Å². The van der Waals surface area contributed by atoms with E-state index < -0.39 is 0 Å². The fraction of sp³-hybridized carbons (Fsp3) is 0.235. The minimum absolute atomic E-state index is 0.115. The molecule has 0 fully saturated rings. The molecule has 1 aromatic carbocycles. The molecule has 4 nitrogen and oxygen atoms in total. The van der Waals surface area contributed by atoms with Crippen LogP contribution in [0, 0.1) is 20.8 Å². The monoisotopic (exact) mass is 281 g/mol. The predicted octanol–water partition coefficient (Wildman–Crippen LogP) is 3.31. The van der Waals surface area contributed by atoms with E-state index in [0.29, 0.717) is 0 Å². The molecule has 2 heterocycles. The molecule has 0 amide bonds. The maximum Gasteiger partial charge on any atom is 0.106 e. The van der Waals surface area contributed by atoms with Crippen molar-refractivity contribution in [1.29, 1.82) is 0 Å². The second-order valence-corrected chi connectivity index (χ2v) is 5.30. The second-order valence-electron chi connectivity index (χ2n) is 5.30. The van der Waals surface area contributed by atoms with Crippen LogP contribution in [-0.4, -0.2) is 4.98 Å². The smallest absolute Gasteiger partial charge is 0.106 e. The van der Waals surface area contributed by atoms with Crippen LogP contribution in [0.3, 0.4) is 0 Å². The number of nitrogens with one attached hydrogen (secondary N) is 1. The lowest BCUT2D eigenvalue weighted by molar-refractivity contribution is 0.494.